The van der Waals surface area contributed by atoms with E-state index in [9.17, 15) is 18.7 Å². The summed E-state index contributed by atoms with van der Waals surface area (Å²) in [6, 6.07) is 2.47. The minimum absolute atomic E-state index is 0.0839. The molecule has 2 atom stereocenters. The van der Waals surface area contributed by atoms with Crippen LogP contribution in [0.4, 0.5) is 8.78 Å². The number of amides is 1. The van der Waals surface area contributed by atoms with Crippen molar-refractivity contribution in [2.75, 3.05) is 6.54 Å². The van der Waals surface area contributed by atoms with Gasteiger partial charge in [-0.3, -0.25) is 4.79 Å². The number of carbonyl (C=O) groups is 1. The molecule has 7 N–H and O–H groups in total. The third-order valence-corrected chi connectivity index (χ3v) is 6.50. The van der Waals surface area contributed by atoms with Crippen molar-refractivity contribution in [1.29, 1.82) is 0 Å². The van der Waals surface area contributed by atoms with Crippen LogP contribution >= 0.6 is 0 Å². The lowest BCUT2D eigenvalue weighted by Crippen LogP contribution is -2.55. The maximum atomic E-state index is 13.7. The number of nitrogens with one attached hydrogen (secondary N) is 2. The first-order chi connectivity index (χ1) is 15.9. The van der Waals surface area contributed by atoms with Crippen molar-refractivity contribution >= 4 is 5.91 Å². The zero-order valence-corrected chi connectivity index (χ0v) is 20.8. The molecule has 0 heterocycles. The van der Waals surface area contributed by atoms with Crippen LogP contribution in [-0.4, -0.2) is 35.2 Å². The molecule has 1 aromatic carbocycles. The van der Waals surface area contributed by atoms with E-state index in [1.54, 1.807) is 6.20 Å². The number of nitrogens with two attached hydrogens (primary N) is 2. The summed E-state index contributed by atoms with van der Waals surface area (Å²) in [5, 5.41) is 17.2. The second kappa shape index (κ2) is 11.8. The Labute approximate surface area is 201 Å². The molecule has 1 fully saturated rings. The monoisotopic (exact) mass is 478 g/mol. The van der Waals surface area contributed by atoms with Crippen molar-refractivity contribution in [1.82, 2.24) is 10.6 Å². The highest BCUT2D eigenvalue weighted by Crippen LogP contribution is 2.36. The Morgan fingerprint density at radius 1 is 1.18 bits per heavy atom. The first-order valence-electron chi connectivity index (χ1n) is 11.9. The van der Waals surface area contributed by atoms with Gasteiger partial charge in [-0.05, 0) is 54.8 Å². The van der Waals surface area contributed by atoms with Crippen LogP contribution in [0.3, 0.4) is 0 Å². The number of rotatable bonds is 9. The SMILES string of the molecule is CC(=O)NC(Cc1cc(F)cc(F)c1)C(O)CNC1(C(/C=C(\N)C(C)(C)C)=C/N)CCCCC1. The van der Waals surface area contributed by atoms with Gasteiger partial charge in [-0.25, -0.2) is 8.78 Å². The summed E-state index contributed by atoms with van der Waals surface area (Å²) in [4.78, 5) is 11.8. The van der Waals surface area contributed by atoms with Crippen LogP contribution in [0.1, 0.15) is 65.4 Å². The molecule has 190 valence electrons. The van der Waals surface area contributed by atoms with Crippen molar-refractivity contribution in [3.63, 3.8) is 0 Å². The lowest BCUT2D eigenvalue weighted by atomic mass is 9.75. The number of halogens is 2. The van der Waals surface area contributed by atoms with Gasteiger partial charge in [0, 0.05) is 36.2 Å². The summed E-state index contributed by atoms with van der Waals surface area (Å²) in [6.45, 7) is 7.60. The highest BCUT2D eigenvalue weighted by Gasteiger charge is 2.36. The Hall–Kier alpha value is -2.45. The minimum Gasteiger partial charge on any atom is -0.404 e. The average Bonchev–Trinajstić information content (AvgIpc) is 2.74. The van der Waals surface area contributed by atoms with Crippen LogP contribution in [0.25, 0.3) is 0 Å². The first-order valence-corrected chi connectivity index (χ1v) is 11.9. The molecule has 2 rings (SSSR count). The fourth-order valence-electron chi connectivity index (χ4n) is 4.42. The molecular formula is C26H40F2N4O2. The van der Waals surface area contributed by atoms with Gasteiger partial charge in [0.2, 0.25) is 5.91 Å². The minimum atomic E-state index is -1.00. The number of hydrogen-bond donors (Lipinski definition) is 5. The van der Waals surface area contributed by atoms with Crippen molar-refractivity contribution in [2.45, 2.75) is 83.9 Å². The van der Waals surface area contributed by atoms with E-state index in [2.05, 4.69) is 10.6 Å². The summed E-state index contributed by atoms with van der Waals surface area (Å²) in [5.41, 5.74) is 13.6. The fourth-order valence-corrected chi connectivity index (χ4v) is 4.42. The summed E-state index contributed by atoms with van der Waals surface area (Å²) < 4.78 is 27.3. The molecule has 1 aromatic rings. The predicted octanol–water partition coefficient (Wildman–Crippen LogP) is 3.40. The molecular weight excluding hydrogens is 438 g/mol. The predicted molar refractivity (Wildman–Crippen MR) is 131 cm³/mol. The number of aliphatic hydroxyl groups is 1. The van der Waals surface area contributed by atoms with Crippen LogP contribution in [-0.2, 0) is 11.2 Å². The normalized spacial score (nSPS) is 18.9. The van der Waals surface area contributed by atoms with Gasteiger partial charge >= 0.3 is 0 Å². The molecule has 8 heteroatoms. The molecule has 1 aliphatic carbocycles. The number of carbonyl (C=O) groups excluding carboxylic acids is 1. The first kappa shape index (κ1) is 27.8. The number of aliphatic hydroxyl groups excluding tert-OH is 1. The van der Waals surface area contributed by atoms with Gasteiger partial charge < -0.3 is 27.2 Å². The summed E-state index contributed by atoms with van der Waals surface area (Å²) >= 11 is 0. The second-order valence-electron chi connectivity index (χ2n) is 10.4. The highest BCUT2D eigenvalue weighted by atomic mass is 19.1. The Bertz CT molecular complexity index is 882. The van der Waals surface area contributed by atoms with Gasteiger partial charge in [-0.1, -0.05) is 40.0 Å². The molecule has 0 aliphatic heterocycles. The standard InChI is InChI=1S/C26H40F2N4O2/c1-17(33)32-22(12-18-10-20(27)14-21(28)11-18)23(34)16-31-26(8-6-5-7-9-26)19(15-29)13-24(30)25(2,3)4/h10-11,13-15,22-23,31,34H,5-9,12,16,29-30H2,1-4H3,(H,32,33)/b19-15+,24-13-. The summed E-state index contributed by atoms with van der Waals surface area (Å²) in [6.07, 6.45) is 7.35. The van der Waals surface area contributed by atoms with Crippen molar-refractivity contribution in [3.05, 3.63) is 58.9 Å². The second-order valence-corrected chi connectivity index (χ2v) is 10.4. The Morgan fingerprint density at radius 3 is 2.26 bits per heavy atom. The maximum Gasteiger partial charge on any atom is 0.217 e. The Morgan fingerprint density at radius 2 is 1.76 bits per heavy atom. The average molecular weight is 479 g/mol. The van der Waals surface area contributed by atoms with Gasteiger partial charge in [-0.15, -0.1) is 0 Å². The van der Waals surface area contributed by atoms with E-state index in [1.165, 1.54) is 19.1 Å². The van der Waals surface area contributed by atoms with E-state index in [4.69, 9.17) is 11.5 Å². The van der Waals surface area contributed by atoms with Crippen LogP contribution in [0.5, 0.6) is 0 Å². The molecule has 1 amide bonds. The molecule has 0 spiro atoms. The highest BCUT2D eigenvalue weighted by molar-refractivity contribution is 5.73. The van der Waals surface area contributed by atoms with Crippen LogP contribution in [0.15, 0.2) is 41.7 Å². The van der Waals surface area contributed by atoms with Crippen LogP contribution < -0.4 is 22.1 Å². The van der Waals surface area contributed by atoms with Gasteiger partial charge in [0.15, 0.2) is 0 Å². The third-order valence-electron chi connectivity index (χ3n) is 6.50. The van der Waals surface area contributed by atoms with Gasteiger partial charge in [-0.2, -0.15) is 0 Å². The molecule has 2 unspecified atom stereocenters. The lowest BCUT2D eigenvalue weighted by molar-refractivity contribution is -0.120. The summed E-state index contributed by atoms with van der Waals surface area (Å²) in [5.74, 6) is -1.74. The van der Waals surface area contributed by atoms with Crippen LogP contribution in [0, 0.1) is 17.0 Å². The van der Waals surface area contributed by atoms with Crippen LogP contribution in [0.2, 0.25) is 0 Å². The van der Waals surface area contributed by atoms with Gasteiger partial charge in [0.05, 0.1) is 12.1 Å². The molecule has 1 saturated carbocycles. The van der Waals surface area contributed by atoms with E-state index in [1.807, 2.05) is 26.8 Å². The number of allylic oxidation sites excluding steroid dienone is 1. The largest absolute Gasteiger partial charge is 0.404 e. The molecule has 0 bridgehead atoms. The van der Waals surface area contributed by atoms with Crippen molar-refractivity contribution < 1.29 is 18.7 Å². The Balaban J connectivity index is 2.25. The smallest absolute Gasteiger partial charge is 0.217 e. The van der Waals surface area contributed by atoms with Crippen molar-refractivity contribution in [2.24, 2.45) is 16.9 Å². The van der Waals surface area contributed by atoms with Gasteiger partial charge in [0.25, 0.3) is 0 Å². The molecule has 0 radical (unpaired) electrons. The molecule has 6 nitrogen and oxygen atoms in total. The molecule has 34 heavy (non-hydrogen) atoms. The van der Waals surface area contributed by atoms with Gasteiger partial charge in [0.1, 0.15) is 11.6 Å². The lowest BCUT2D eigenvalue weighted by Gasteiger charge is -2.41. The molecule has 1 aliphatic rings. The quantitative estimate of drug-likeness (QED) is 0.349. The topological polar surface area (TPSA) is 113 Å². The summed E-state index contributed by atoms with van der Waals surface area (Å²) in [7, 11) is 0. The van der Waals surface area contributed by atoms with E-state index >= 15 is 0 Å². The van der Waals surface area contributed by atoms with E-state index in [0.29, 0.717) is 11.3 Å². The number of benzene rings is 1. The van der Waals surface area contributed by atoms with E-state index in [-0.39, 0.29) is 24.3 Å². The third kappa shape index (κ3) is 7.81. The zero-order chi connectivity index (χ0) is 25.5. The molecule has 0 saturated heterocycles. The molecule has 0 aromatic heterocycles. The number of β-amino-alcohol motifs (C(OH)–C–C–N with tert-alkyl or cyclic N) is 1. The fraction of sp³-hybridized carbons (Fsp3) is 0.577. The number of hydrogen-bond acceptors (Lipinski definition) is 5. The Kier molecular flexibility index (Phi) is 9.64. The van der Waals surface area contributed by atoms with E-state index < -0.39 is 29.3 Å². The zero-order valence-electron chi connectivity index (χ0n) is 20.8. The maximum absolute atomic E-state index is 13.7. The van der Waals surface area contributed by atoms with E-state index in [0.717, 1.165) is 43.7 Å². The van der Waals surface area contributed by atoms with Crippen molar-refractivity contribution in [3.8, 4) is 0 Å².